The number of nitrogens with two attached hydrogens (primary N) is 1. The Balaban J connectivity index is 2.11. The molecule has 1 unspecified atom stereocenters. The summed E-state index contributed by atoms with van der Waals surface area (Å²) in [5, 5.41) is 1.10. The van der Waals surface area contributed by atoms with Crippen molar-refractivity contribution in [2.45, 2.75) is 19.1 Å². The van der Waals surface area contributed by atoms with Crippen LogP contribution in [0.15, 0.2) is 42.5 Å². The molecule has 0 radical (unpaired) electrons. The van der Waals surface area contributed by atoms with E-state index >= 15 is 0 Å². The van der Waals surface area contributed by atoms with Gasteiger partial charge in [0, 0.05) is 16.1 Å². The second-order valence-corrected chi connectivity index (χ2v) is 5.27. The van der Waals surface area contributed by atoms with E-state index in [0.717, 1.165) is 11.1 Å². The molecule has 0 saturated carbocycles. The summed E-state index contributed by atoms with van der Waals surface area (Å²) in [5.74, 6) is 0.0942. The molecule has 2 rings (SSSR count). The lowest BCUT2D eigenvalue weighted by Gasteiger charge is -2.15. The highest BCUT2D eigenvalue weighted by molar-refractivity contribution is 6.36. The summed E-state index contributed by atoms with van der Waals surface area (Å²) in [6.45, 7) is -2.84. The molecule has 2 nitrogen and oxygen atoms in total. The van der Waals surface area contributed by atoms with Crippen molar-refractivity contribution >= 4 is 23.2 Å². The number of benzene rings is 2. The van der Waals surface area contributed by atoms with Gasteiger partial charge in [0.1, 0.15) is 5.75 Å². The lowest BCUT2D eigenvalue weighted by Crippen LogP contribution is -2.14. The molecule has 112 valence electrons. The third-order valence-corrected chi connectivity index (χ3v) is 3.73. The minimum absolute atomic E-state index is 0.0942. The van der Waals surface area contributed by atoms with Gasteiger partial charge in [-0.3, -0.25) is 0 Å². The van der Waals surface area contributed by atoms with Gasteiger partial charge in [0.25, 0.3) is 0 Å². The van der Waals surface area contributed by atoms with E-state index < -0.39 is 6.61 Å². The summed E-state index contributed by atoms with van der Waals surface area (Å²) in [6.07, 6.45) is 0.452. The zero-order valence-electron chi connectivity index (χ0n) is 10.9. The lowest BCUT2D eigenvalue weighted by atomic mass is 9.99. The molecule has 0 amide bonds. The van der Waals surface area contributed by atoms with E-state index in [4.69, 9.17) is 28.9 Å². The molecule has 0 spiro atoms. The summed E-state index contributed by atoms with van der Waals surface area (Å²) < 4.78 is 28.4. The molecule has 0 aromatic heterocycles. The first-order valence-corrected chi connectivity index (χ1v) is 6.96. The SMILES string of the molecule is NC(Cc1c(Cl)cccc1Cl)c1ccc(OC(F)F)cc1. The van der Waals surface area contributed by atoms with Crippen LogP contribution in [0.25, 0.3) is 0 Å². The molecule has 2 aromatic rings. The van der Waals surface area contributed by atoms with Crippen LogP contribution in [0.2, 0.25) is 10.0 Å². The molecule has 0 aliphatic rings. The molecule has 0 fully saturated rings. The van der Waals surface area contributed by atoms with E-state index in [9.17, 15) is 8.78 Å². The Hall–Kier alpha value is -1.36. The van der Waals surface area contributed by atoms with Gasteiger partial charge in [-0.15, -0.1) is 0 Å². The van der Waals surface area contributed by atoms with Gasteiger partial charge in [0.05, 0.1) is 0 Å². The predicted octanol–water partition coefficient (Wildman–Crippen LogP) is 4.84. The average molecular weight is 332 g/mol. The number of rotatable bonds is 5. The third kappa shape index (κ3) is 4.30. The van der Waals surface area contributed by atoms with E-state index in [2.05, 4.69) is 4.74 Å². The highest BCUT2D eigenvalue weighted by Crippen LogP contribution is 2.29. The fraction of sp³-hybridized carbons (Fsp3) is 0.200. The van der Waals surface area contributed by atoms with E-state index in [1.165, 1.54) is 12.1 Å². The van der Waals surface area contributed by atoms with Gasteiger partial charge >= 0.3 is 6.61 Å². The highest BCUT2D eigenvalue weighted by atomic mass is 35.5. The van der Waals surface area contributed by atoms with Gasteiger partial charge in [-0.2, -0.15) is 8.78 Å². The second kappa shape index (κ2) is 7.07. The Morgan fingerprint density at radius 1 is 1.00 bits per heavy atom. The van der Waals surface area contributed by atoms with Crippen LogP contribution >= 0.6 is 23.2 Å². The normalized spacial score (nSPS) is 12.5. The van der Waals surface area contributed by atoms with E-state index in [1.807, 2.05) is 0 Å². The number of hydrogen-bond donors (Lipinski definition) is 1. The first kappa shape index (κ1) is 16.0. The van der Waals surface area contributed by atoms with Crippen LogP contribution in [0.3, 0.4) is 0 Å². The monoisotopic (exact) mass is 331 g/mol. The summed E-state index contributed by atoms with van der Waals surface area (Å²) in [7, 11) is 0. The van der Waals surface area contributed by atoms with Crippen molar-refractivity contribution in [2.75, 3.05) is 0 Å². The highest BCUT2D eigenvalue weighted by Gasteiger charge is 2.13. The topological polar surface area (TPSA) is 35.2 Å². The van der Waals surface area contributed by atoms with E-state index in [0.29, 0.717) is 16.5 Å². The van der Waals surface area contributed by atoms with Crippen LogP contribution in [-0.2, 0) is 6.42 Å². The molecule has 0 saturated heterocycles. The molecular formula is C15H13Cl2F2NO. The first-order chi connectivity index (χ1) is 9.97. The fourth-order valence-corrected chi connectivity index (χ4v) is 2.51. The summed E-state index contributed by atoms with van der Waals surface area (Å²) >= 11 is 12.2. The Morgan fingerprint density at radius 2 is 1.57 bits per heavy atom. The largest absolute Gasteiger partial charge is 0.435 e. The molecule has 0 heterocycles. The van der Waals surface area contributed by atoms with Crippen LogP contribution in [-0.4, -0.2) is 6.61 Å². The molecule has 21 heavy (non-hydrogen) atoms. The minimum Gasteiger partial charge on any atom is -0.435 e. The van der Waals surface area contributed by atoms with Gasteiger partial charge in [-0.05, 0) is 41.8 Å². The van der Waals surface area contributed by atoms with Crippen LogP contribution in [0.5, 0.6) is 5.75 Å². The molecule has 1 atom stereocenters. The van der Waals surface area contributed by atoms with Crippen molar-refractivity contribution in [3.63, 3.8) is 0 Å². The smallest absolute Gasteiger partial charge is 0.387 e. The zero-order valence-corrected chi connectivity index (χ0v) is 12.4. The van der Waals surface area contributed by atoms with Crippen molar-refractivity contribution in [3.05, 3.63) is 63.6 Å². The molecule has 2 N–H and O–H groups in total. The molecule has 0 aliphatic heterocycles. The molecular weight excluding hydrogens is 319 g/mol. The van der Waals surface area contributed by atoms with Crippen molar-refractivity contribution < 1.29 is 13.5 Å². The zero-order chi connectivity index (χ0) is 15.4. The predicted molar refractivity (Wildman–Crippen MR) is 80.2 cm³/mol. The quantitative estimate of drug-likeness (QED) is 0.850. The van der Waals surface area contributed by atoms with Gasteiger partial charge in [-0.1, -0.05) is 41.4 Å². The maximum atomic E-state index is 12.1. The van der Waals surface area contributed by atoms with Gasteiger partial charge in [0.15, 0.2) is 0 Å². The minimum atomic E-state index is -2.84. The summed E-state index contributed by atoms with van der Waals surface area (Å²) in [6, 6.07) is 11.1. The van der Waals surface area contributed by atoms with E-state index in [-0.39, 0.29) is 11.8 Å². The standard InChI is InChI=1S/C15H13Cl2F2NO/c16-12-2-1-3-13(17)11(12)8-14(20)9-4-6-10(7-5-9)21-15(18)19/h1-7,14-15H,8,20H2. The Kier molecular flexibility index (Phi) is 5.39. The second-order valence-electron chi connectivity index (χ2n) is 4.46. The number of ether oxygens (including phenoxy) is 1. The van der Waals surface area contributed by atoms with Crippen molar-refractivity contribution in [1.82, 2.24) is 0 Å². The number of halogens is 4. The Morgan fingerprint density at radius 3 is 2.10 bits per heavy atom. The molecule has 0 aliphatic carbocycles. The Labute approximate surface area is 131 Å². The van der Waals surface area contributed by atoms with E-state index in [1.54, 1.807) is 30.3 Å². The average Bonchev–Trinajstić information content (AvgIpc) is 2.43. The summed E-state index contributed by atoms with van der Waals surface area (Å²) in [4.78, 5) is 0. The number of hydrogen-bond acceptors (Lipinski definition) is 2. The Bertz CT molecular complexity index is 585. The van der Waals surface area contributed by atoms with Crippen LogP contribution in [0.4, 0.5) is 8.78 Å². The molecule has 6 heteroatoms. The van der Waals surface area contributed by atoms with Crippen LogP contribution in [0, 0.1) is 0 Å². The van der Waals surface area contributed by atoms with Crippen molar-refractivity contribution in [1.29, 1.82) is 0 Å². The van der Waals surface area contributed by atoms with Crippen molar-refractivity contribution in [3.8, 4) is 5.75 Å². The van der Waals surface area contributed by atoms with Crippen molar-refractivity contribution in [2.24, 2.45) is 5.73 Å². The summed E-state index contributed by atoms with van der Waals surface area (Å²) in [5.41, 5.74) is 7.66. The molecule has 2 aromatic carbocycles. The first-order valence-electron chi connectivity index (χ1n) is 6.20. The lowest BCUT2D eigenvalue weighted by molar-refractivity contribution is -0.0498. The van der Waals surface area contributed by atoms with Gasteiger partial charge in [0.2, 0.25) is 0 Å². The number of alkyl halides is 2. The maximum Gasteiger partial charge on any atom is 0.387 e. The van der Waals surface area contributed by atoms with Gasteiger partial charge in [-0.25, -0.2) is 0 Å². The molecule has 0 bridgehead atoms. The fourth-order valence-electron chi connectivity index (χ4n) is 1.96. The van der Waals surface area contributed by atoms with Crippen LogP contribution in [0.1, 0.15) is 17.2 Å². The van der Waals surface area contributed by atoms with Gasteiger partial charge < -0.3 is 10.5 Å². The maximum absolute atomic E-state index is 12.1. The third-order valence-electron chi connectivity index (χ3n) is 3.02. The van der Waals surface area contributed by atoms with Crippen LogP contribution < -0.4 is 10.5 Å².